The number of aromatic nitrogens is 2. The van der Waals surface area contributed by atoms with Gasteiger partial charge in [0, 0.05) is 50.3 Å². The molecular formula is C40H22N2O2. The highest BCUT2D eigenvalue weighted by molar-refractivity contribution is 6.25. The Morgan fingerprint density at radius 2 is 1.02 bits per heavy atom. The van der Waals surface area contributed by atoms with Crippen LogP contribution in [0.25, 0.3) is 98.7 Å². The number of para-hydroxylation sites is 2. The van der Waals surface area contributed by atoms with Gasteiger partial charge in [-0.25, -0.2) is 0 Å². The van der Waals surface area contributed by atoms with Gasteiger partial charge in [-0.1, -0.05) is 91.0 Å². The average Bonchev–Trinajstić information content (AvgIpc) is 3.65. The number of hydrogen-bond donors (Lipinski definition) is 0. The Morgan fingerprint density at radius 3 is 1.84 bits per heavy atom. The number of fused-ring (bicyclic) bond motifs is 12. The molecule has 0 unspecified atom stereocenters. The maximum absolute atomic E-state index is 6.60. The van der Waals surface area contributed by atoms with Gasteiger partial charge in [-0.2, -0.15) is 0 Å². The van der Waals surface area contributed by atoms with Crippen LogP contribution < -0.4 is 0 Å². The van der Waals surface area contributed by atoms with E-state index in [4.69, 9.17) is 13.8 Å². The fourth-order valence-corrected chi connectivity index (χ4v) is 7.00. The molecular weight excluding hydrogens is 540 g/mol. The molecule has 0 aliphatic heterocycles. The molecule has 10 rings (SSSR count). The lowest BCUT2D eigenvalue weighted by Gasteiger charge is -2.12. The summed E-state index contributed by atoms with van der Waals surface area (Å²) < 4.78 is 13.0. The van der Waals surface area contributed by atoms with Gasteiger partial charge in [0.25, 0.3) is 0 Å². The lowest BCUT2D eigenvalue weighted by atomic mass is 9.92. The smallest absolute Gasteiger partial charge is 0.144 e. The summed E-state index contributed by atoms with van der Waals surface area (Å²) >= 11 is 0. The first-order valence-corrected chi connectivity index (χ1v) is 14.7. The monoisotopic (exact) mass is 562 g/mol. The number of benzene rings is 7. The van der Waals surface area contributed by atoms with E-state index < -0.39 is 0 Å². The second-order valence-corrected chi connectivity index (χ2v) is 11.3. The summed E-state index contributed by atoms with van der Waals surface area (Å²) in [7, 11) is 0. The molecule has 0 saturated heterocycles. The lowest BCUT2D eigenvalue weighted by Crippen LogP contribution is -1.89. The van der Waals surface area contributed by atoms with Crippen molar-refractivity contribution in [2.24, 2.45) is 0 Å². The minimum atomic E-state index is 0.857. The second-order valence-electron chi connectivity index (χ2n) is 11.3. The van der Waals surface area contributed by atoms with Gasteiger partial charge in [-0.05, 0) is 57.8 Å². The Balaban J connectivity index is 1.26. The van der Waals surface area contributed by atoms with Crippen molar-refractivity contribution < 1.29 is 8.83 Å². The van der Waals surface area contributed by atoms with Crippen LogP contribution in [0.1, 0.15) is 0 Å². The second kappa shape index (κ2) is 8.76. The van der Waals surface area contributed by atoms with Gasteiger partial charge < -0.3 is 8.83 Å². The fraction of sp³-hybridized carbons (Fsp3) is 0. The summed E-state index contributed by atoms with van der Waals surface area (Å²) in [4.78, 5) is 9.42. The van der Waals surface area contributed by atoms with Crippen LogP contribution in [-0.2, 0) is 0 Å². The van der Waals surface area contributed by atoms with Gasteiger partial charge in [0.05, 0.1) is 11.0 Å². The zero-order chi connectivity index (χ0) is 28.8. The summed E-state index contributed by atoms with van der Waals surface area (Å²) in [5.41, 5.74) is 9.72. The molecule has 0 bridgehead atoms. The van der Waals surface area contributed by atoms with Gasteiger partial charge in [0.15, 0.2) is 0 Å². The molecule has 44 heavy (non-hydrogen) atoms. The van der Waals surface area contributed by atoms with Gasteiger partial charge in [0.2, 0.25) is 0 Å². The minimum Gasteiger partial charge on any atom is -0.456 e. The third kappa shape index (κ3) is 3.22. The Bertz CT molecular complexity index is 2750. The highest BCUT2D eigenvalue weighted by Crippen LogP contribution is 2.45. The van der Waals surface area contributed by atoms with Crippen molar-refractivity contribution in [1.82, 2.24) is 9.97 Å². The van der Waals surface area contributed by atoms with E-state index in [2.05, 4.69) is 102 Å². The van der Waals surface area contributed by atoms with E-state index in [9.17, 15) is 0 Å². The van der Waals surface area contributed by atoms with Crippen LogP contribution in [0.4, 0.5) is 0 Å². The third-order valence-electron chi connectivity index (χ3n) is 8.94. The number of furan rings is 2. The van der Waals surface area contributed by atoms with Crippen LogP contribution >= 0.6 is 0 Å². The van der Waals surface area contributed by atoms with Crippen LogP contribution in [0.15, 0.2) is 143 Å². The molecule has 0 atom stereocenters. The molecule has 0 saturated carbocycles. The maximum atomic E-state index is 6.60. The molecule has 0 fully saturated rings. The van der Waals surface area contributed by atoms with Crippen molar-refractivity contribution in [3.8, 4) is 22.3 Å². The van der Waals surface area contributed by atoms with E-state index in [-0.39, 0.29) is 0 Å². The topological polar surface area (TPSA) is 52.1 Å². The molecule has 3 heterocycles. The first kappa shape index (κ1) is 23.6. The normalized spacial score (nSPS) is 12.1. The van der Waals surface area contributed by atoms with Crippen molar-refractivity contribution in [2.75, 3.05) is 0 Å². The zero-order valence-electron chi connectivity index (χ0n) is 23.4. The van der Waals surface area contributed by atoms with Crippen LogP contribution in [0.2, 0.25) is 0 Å². The van der Waals surface area contributed by atoms with Crippen molar-refractivity contribution in [3.05, 3.63) is 134 Å². The predicted octanol–water partition coefficient (Wildman–Crippen LogP) is 11.1. The molecule has 0 aliphatic carbocycles. The zero-order valence-corrected chi connectivity index (χ0v) is 23.4. The lowest BCUT2D eigenvalue weighted by molar-refractivity contribution is 0.664. The fourth-order valence-electron chi connectivity index (χ4n) is 7.00. The van der Waals surface area contributed by atoms with Gasteiger partial charge >= 0.3 is 0 Å². The van der Waals surface area contributed by atoms with Crippen molar-refractivity contribution in [2.45, 2.75) is 0 Å². The SMILES string of the molecule is c1cc(-c2ccc3c(c2)c2ccccc2c2nccnc32)cc(-c2c3oc4ccccc4c3cc3oc4ccccc4c23)c1. The highest BCUT2D eigenvalue weighted by atomic mass is 16.3. The Labute approximate surface area is 250 Å². The van der Waals surface area contributed by atoms with Gasteiger partial charge in [-0.3, -0.25) is 9.97 Å². The predicted molar refractivity (Wildman–Crippen MR) is 180 cm³/mol. The van der Waals surface area contributed by atoms with E-state index in [0.717, 1.165) is 87.9 Å². The van der Waals surface area contributed by atoms with Crippen molar-refractivity contribution in [1.29, 1.82) is 0 Å². The summed E-state index contributed by atoms with van der Waals surface area (Å²) in [6, 6.07) is 42.5. The van der Waals surface area contributed by atoms with Crippen LogP contribution in [0.5, 0.6) is 0 Å². The highest BCUT2D eigenvalue weighted by Gasteiger charge is 2.21. The molecule has 10 aromatic rings. The third-order valence-corrected chi connectivity index (χ3v) is 8.94. The van der Waals surface area contributed by atoms with Crippen molar-refractivity contribution >= 4 is 76.5 Å². The van der Waals surface area contributed by atoms with E-state index in [1.807, 2.05) is 24.3 Å². The first-order chi connectivity index (χ1) is 21.8. The summed E-state index contributed by atoms with van der Waals surface area (Å²) in [6.45, 7) is 0. The van der Waals surface area contributed by atoms with Crippen LogP contribution in [0.3, 0.4) is 0 Å². The van der Waals surface area contributed by atoms with E-state index >= 15 is 0 Å². The average molecular weight is 563 g/mol. The van der Waals surface area contributed by atoms with Gasteiger partial charge in [0.1, 0.15) is 22.3 Å². The molecule has 0 aliphatic rings. The molecule has 204 valence electrons. The number of hydrogen-bond acceptors (Lipinski definition) is 4. The maximum Gasteiger partial charge on any atom is 0.144 e. The van der Waals surface area contributed by atoms with Crippen LogP contribution in [-0.4, -0.2) is 9.97 Å². The molecule has 0 N–H and O–H groups in total. The Morgan fingerprint density at radius 1 is 0.386 bits per heavy atom. The van der Waals surface area contributed by atoms with Crippen LogP contribution in [0, 0.1) is 0 Å². The van der Waals surface area contributed by atoms with E-state index in [1.165, 1.54) is 10.8 Å². The summed E-state index contributed by atoms with van der Waals surface area (Å²) in [5.74, 6) is 0. The standard InChI is InChI=1S/C40H22N2O2/c1-2-12-28-26(10-1)31-21-24(16-17-29(31)39-38(28)41-18-19-42-39)23-8-7-9-25(20-23)36-37-30-13-4-6-15-34(30)43-35(37)22-32-27-11-3-5-14-33(27)44-40(32)36/h1-22H. The quantitative estimate of drug-likeness (QED) is 0.197. The minimum absolute atomic E-state index is 0.857. The Kier molecular flexibility index (Phi) is 4.69. The molecule has 7 aromatic carbocycles. The first-order valence-electron chi connectivity index (χ1n) is 14.7. The van der Waals surface area contributed by atoms with Crippen molar-refractivity contribution in [3.63, 3.8) is 0 Å². The Hall–Kier alpha value is -6.00. The summed E-state index contributed by atoms with van der Waals surface area (Å²) in [5, 5.41) is 8.84. The van der Waals surface area contributed by atoms with Gasteiger partial charge in [-0.15, -0.1) is 0 Å². The molecule has 4 nitrogen and oxygen atoms in total. The summed E-state index contributed by atoms with van der Waals surface area (Å²) in [6.07, 6.45) is 3.54. The van der Waals surface area contributed by atoms with E-state index in [0.29, 0.717) is 0 Å². The molecule has 4 heteroatoms. The number of nitrogens with zero attached hydrogens (tertiary/aromatic N) is 2. The molecule has 3 aromatic heterocycles. The number of rotatable bonds is 2. The largest absolute Gasteiger partial charge is 0.456 e. The van der Waals surface area contributed by atoms with E-state index in [1.54, 1.807) is 12.4 Å². The molecule has 0 spiro atoms. The molecule has 0 amide bonds. The molecule has 0 radical (unpaired) electrons.